The lowest BCUT2D eigenvalue weighted by Gasteiger charge is -2.04. The van der Waals surface area contributed by atoms with Gasteiger partial charge in [0.1, 0.15) is 0 Å². The van der Waals surface area contributed by atoms with Gasteiger partial charge >= 0.3 is 5.97 Å². The first kappa shape index (κ1) is 12.3. The molecule has 1 aromatic carbocycles. The number of benzene rings is 1. The second kappa shape index (κ2) is 5.96. The van der Waals surface area contributed by atoms with E-state index in [9.17, 15) is 4.79 Å². The number of esters is 1. The van der Waals surface area contributed by atoms with Crippen molar-refractivity contribution in [3.05, 3.63) is 65.5 Å². The molecule has 0 aliphatic carbocycles. The van der Waals surface area contributed by atoms with Crippen molar-refractivity contribution in [2.45, 2.75) is 13.3 Å². The standard InChI is InChI=1S/C15H15NO2/c1-2-18-15(17)13-8-9-16-14(11-13)10-12-6-4-3-5-7-12/h3-9,11H,2,10H2,1H3. The third kappa shape index (κ3) is 3.17. The van der Waals surface area contributed by atoms with Crippen LogP contribution in [0, 0.1) is 0 Å². The fourth-order valence-corrected chi connectivity index (χ4v) is 1.72. The Morgan fingerprint density at radius 3 is 2.72 bits per heavy atom. The van der Waals surface area contributed by atoms with Crippen molar-refractivity contribution in [1.29, 1.82) is 0 Å². The summed E-state index contributed by atoms with van der Waals surface area (Å²) in [7, 11) is 0. The SMILES string of the molecule is CCOC(=O)c1ccnc(Cc2ccccc2)c1. The molecule has 2 rings (SSSR count). The summed E-state index contributed by atoms with van der Waals surface area (Å²) in [6.07, 6.45) is 2.36. The van der Waals surface area contributed by atoms with Crippen molar-refractivity contribution in [2.75, 3.05) is 6.61 Å². The molecule has 18 heavy (non-hydrogen) atoms. The zero-order valence-corrected chi connectivity index (χ0v) is 10.3. The zero-order valence-electron chi connectivity index (χ0n) is 10.3. The molecule has 0 N–H and O–H groups in total. The molecule has 0 saturated carbocycles. The second-order valence-electron chi connectivity index (χ2n) is 3.92. The van der Waals surface area contributed by atoms with E-state index in [1.807, 2.05) is 30.3 Å². The summed E-state index contributed by atoms with van der Waals surface area (Å²) in [5, 5.41) is 0. The molecule has 0 aliphatic heterocycles. The van der Waals surface area contributed by atoms with Gasteiger partial charge in [0.25, 0.3) is 0 Å². The molecule has 0 fully saturated rings. The summed E-state index contributed by atoms with van der Waals surface area (Å²) in [6, 6.07) is 13.5. The van der Waals surface area contributed by atoms with Crippen molar-refractivity contribution in [3.63, 3.8) is 0 Å². The highest BCUT2D eigenvalue weighted by molar-refractivity contribution is 5.89. The first-order valence-corrected chi connectivity index (χ1v) is 5.95. The number of hydrogen-bond donors (Lipinski definition) is 0. The van der Waals surface area contributed by atoms with Crippen LogP contribution < -0.4 is 0 Å². The van der Waals surface area contributed by atoms with Gasteiger partial charge in [-0.25, -0.2) is 4.79 Å². The molecule has 0 unspecified atom stereocenters. The minimum atomic E-state index is -0.297. The van der Waals surface area contributed by atoms with E-state index >= 15 is 0 Å². The smallest absolute Gasteiger partial charge is 0.338 e. The summed E-state index contributed by atoms with van der Waals surface area (Å²) in [4.78, 5) is 15.9. The van der Waals surface area contributed by atoms with Crippen LogP contribution in [0.5, 0.6) is 0 Å². The first-order chi connectivity index (χ1) is 8.79. The topological polar surface area (TPSA) is 39.2 Å². The Balaban J connectivity index is 2.15. The molecule has 3 heteroatoms. The van der Waals surface area contributed by atoms with Crippen molar-refractivity contribution in [2.24, 2.45) is 0 Å². The third-order valence-corrected chi connectivity index (χ3v) is 2.56. The van der Waals surface area contributed by atoms with Crippen LogP contribution in [0.3, 0.4) is 0 Å². The summed E-state index contributed by atoms with van der Waals surface area (Å²) in [6.45, 7) is 2.18. The summed E-state index contributed by atoms with van der Waals surface area (Å²) in [5.74, 6) is -0.297. The number of pyridine rings is 1. The van der Waals surface area contributed by atoms with E-state index in [4.69, 9.17) is 4.74 Å². The Bertz CT molecular complexity index is 523. The number of ether oxygens (including phenoxy) is 1. The molecule has 0 atom stereocenters. The van der Waals surface area contributed by atoms with Crippen LogP contribution in [0.4, 0.5) is 0 Å². The fourth-order valence-electron chi connectivity index (χ4n) is 1.72. The Hall–Kier alpha value is -2.16. The van der Waals surface area contributed by atoms with Crippen molar-refractivity contribution >= 4 is 5.97 Å². The summed E-state index contributed by atoms with van der Waals surface area (Å²) >= 11 is 0. The Labute approximate surface area is 106 Å². The molecule has 1 heterocycles. The predicted molar refractivity (Wildman–Crippen MR) is 69.4 cm³/mol. The second-order valence-corrected chi connectivity index (χ2v) is 3.92. The quantitative estimate of drug-likeness (QED) is 0.773. The van der Waals surface area contributed by atoms with Gasteiger partial charge in [-0.2, -0.15) is 0 Å². The average molecular weight is 241 g/mol. The molecule has 1 aromatic heterocycles. The van der Waals surface area contributed by atoms with Crippen molar-refractivity contribution in [3.8, 4) is 0 Å². The minimum absolute atomic E-state index is 0.297. The maximum Gasteiger partial charge on any atom is 0.338 e. The van der Waals surface area contributed by atoms with E-state index < -0.39 is 0 Å². The van der Waals surface area contributed by atoms with Crippen LogP contribution >= 0.6 is 0 Å². The van der Waals surface area contributed by atoms with Gasteiger partial charge in [0.05, 0.1) is 12.2 Å². The van der Waals surface area contributed by atoms with Crippen molar-refractivity contribution < 1.29 is 9.53 Å². The van der Waals surface area contributed by atoms with Crippen LogP contribution in [0.15, 0.2) is 48.7 Å². The van der Waals surface area contributed by atoms with Gasteiger partial charge in [-0.3, -0.25) is 4.98 Å². The summed E-state index contributed by atoms with van der Waals surface area (Å²) in [5.41, 5.74) is 2.59. The lowest BCUT2D eigenvalue weighted by atomic mass is 10.1. The maximum atomic E-state index is 11.6. The molecule has 0 radical (unpaired) electrons. The molecular formula is C15H15NO2. The highest BCUT2D eigenvalue weighted by Crippen LogP contribution is 2.09. The van der Waals surface area contributed by atoms with Gasteiger partial charge in [-0.15, -0.1) is 0 Å². The van der Waals surface area contributed by atoms with E-state index in [0.717, 1.165) is 5.69 Å². The number of aromatic nitrogens is 1. The van der Waals surface area contributed by atoms with Gasteiger partial charge < -0.3 is 4.74 Å². The minimum Gasteiger partial charge on any atom is -0.462 e. The Morgan fingerprint density at radius 2 is 2.00 bits per heavy atom. The fraction of sp³-hybridized carbons (Fsp3) is 0.200. The number of hydrogen-bond acceptors (Lipinski definition) is 3. The van der Waals surface area contributed by atoms with Crippen LogP contribution in [0.2, 0.25) is 0 Å². The lowest BCUT2D eigenvalue weighted by molar-refractivity contribution is 0.0526. The maximum absolute atomic E-state index is 11.6. The van der Waals surface area contributed by atoms with Crippen LogP contribution in [-0.2, 0) is 11.2 Å². The van der Waals surface area contributed by atoms with Gasteiger partial charge in [0.15, 0.2) is 0 Å². The molecule has 0 aliphatic rings. The molecule has 0 spiro atoms. The molecule has 92 valence electrons. The molecule has 0 amide bonds. The normalized spacial score (nSPS) is 10.1. The predicted octanol–water partition coefficient (Wildman–Crippen LogP) is 2.85. The molecular weight excluding hydrogens is 226 g/mol. The number of carbonyl (C=O) groups excluding carboxylic acids is 1. The van der Waals surface area contributed by atoms with Gasteiger partial charge in [-0.1, -0.05) is 30.3 Å². The van der Waals surface area contributed by atoms with E-state index in [-0.39, 0.29) is 5.97 Å². The largest absolute Gasteiger partial charge is 0.462 e. The Kier molecular flexibility index (Phi) is 4.07. The van der Waals surface area contributed by atoms with Crippen LogP contribution in [0.1, 0.15) is 28.5 Å². The molecule has 0 saturated heterocycles. The van der Waals surface area contributed by atoms with Gasteiger partial charge in [0, 0.05) is 18.3 Å². The van der Waals surface area contributed by atoms with Crippen molar-refractivity contribution in [1.82, 2.24) is 4.98 Å². The third-order valence-electron chi connectivity index (χ3n) is 2.56. The number of rotatable bonds is 4. The monoisotopic (exact) mass is 241 g/mol. The molecule has 2 aromatic rings. The van der Waals surface area contributed by atoms with Gasteiger partial charge in [-0.05, 0) is 24.6 Å². The lowest BCUT2D eigenvalue weighted by Crippen LogP contribution is -2.06. The first-order valence-electron chi connectivity index (χ1n) is 5.95. The van der Waals surface area contributed by atoms with E-state index in [2.05, 4.69) is 4.98 Å². The zero-order chi connectivity index (χ0) is 12.8. The van der Waals surface area contributed by atoms with Crippen LogP contribution in [0.25, 0.3) is 0 Å². The highest BCUT2D eigenvalue weighted by Gasteiger charge is 2.07. The molecule has 3 nitrogen and oxygen atoms in total. The van der Waals surface area contributed by atoms with Crippen LogP contribution in [-0.4, -0.2) is 17.6 Å². The van der Waals surface area contributed by atoms with E-state index in [1.165, 1.54) is 5.56 Å². The highest BCUT2D eigenvalue weighted by atomic mass is 16.5. The average Bonchev–Trinajstić information content (AvgIpc) is 2.40. The van der Waals surface area contributed by atoms with E-state index in [0.29, 0.717) is 18.6 Å². The number of nitrogens with zero attached hydrogens (tertiary/aromatic N) is 1. The molecule has 0 bridgehead atoms. The Morgan fingerprint density at radius 1 is 1.22 bits per heavy atom. The van der Waals surface area contributed by atoms with Gasteiger partial charge in [0.2, 0.25) is 0 Å². The summed E-state index contributed by atoms with van der Waals surface area (Å²) < 4.78 is 4.97. The number of carbonyl (C=O) groups is 1. The van der Waals surface area contributed by atoms with E-state index in [1.54, 1.807) is 25.3 Å².